The minimum absolute atomic E-state index is 0.0728. The van der Waals surface area contributed by atoms with E-state index < -0.39 is 0 Å². The summed E-state index contributed by atoms with van der Waals surface area (Å²) in [7, 11) is 0. The second-order valence-electron chi connectivity index (χ2n) is 5.34. The summed E-state index contributed by atoms with van der Waals surface area (Å²) in [6, 6.07) is 0. The van der Waals surface area contributed by atoms with Crippen molar-refractivity contribution in [2.24, 2.45) is 5.92 Å². The molecule has 0 aromatic rings. The second-order valence-corrected chi connectivity index (χ2v) is 5.34. The third-order valence-electron chi connectivity index (χ3n) is 3.14. The molecule has 0 saturated carbocycles. The van der Waals surface area contributed by atoms with E-state index in [1.807, 2.05) is 4.90 Å². The van der Waals surface area contributed by atoms with Gasteiger partial charge in [-0.1, -0.05) is 20.3 Å². The first kappa shape index (κ1) is 12.5. The molecule has 1 heterocycles. The maximum Gasteiger partial charge on any atom is 0.222 e. The molecule has 0 bridgehead atoms. The summed E-state index contributed by atoms with van der Waals surface area (Å²) in [4.78, 5) is 14.0. The van der Waals surface area contributed by atoms with Gasteiger partial charge >= 0.3 is 0 Å². The van der Waals surface area contributed by atoms with Crippen LogP contribution in [-0.2, 0) is 4.79 Å². The van der Waals surface area contributed by atoms with E-state index in [9.17, 15) is 4.79 Å². The lowest BCUT2D eigenvalue weighted by Crippen LogP contribution is -2.58. The molecule has 3 heteroatoms. The van der Waals surface area contributed by atoms with Crippen LogP contribution in [0.1, 0.15) is 40.5 Å². The number of carbonyl (C=O) groups excluding carboxylic acids is 1. The molecule has 15 heavy (non-hydrogen) atoms. The quantitative estimate of drug-likeness (QED) is 0.771. The Morgan fingerprint density at radius 2 is 2.20 bits per heavy atom. The van der Waals surface area contributed by atoms with E-state index in [-0.39, 0.29) is 5.54 Å². The Balaban J connectivity index is 2.46. The van der Waals surface area contributed by atoms with Gasteiger partial charge in [0.25, 0.3) is 0 Å². The van der Waals surface area contributed by atoms with E-state index in [0.717, 1.165) is 26.1 Å². The standard InChI is InChI=1S/C12H24N2O/c1-5-10(2)8-11(15)14-7-6-13-12(3,4)9-14/h10,13H,5-9H2,1-4H3. The molecule has 1 unspecified atom stereocenters. The monoisotopic (exact) mass is 212 g/mol. The van der Waals surface area contributed by atoms with Crippen molar-refractivity contribution in [1.29, 1.82) is 0 Å². The molecule has 1 aliphatic heterocycles. The number of nitrogens with one attached hydrogen (secondary N) is 1. The summed E-state index contributed by atoms with van der Waals surface area (Å²) in [5.41, 5.74) is 0.0728. The van der Waals surface area contributed by atoms with Gasteiger partial charge in [-0.05, 0) is 19.8 Å². The van der Waals surface area contributed by atoms with E-state index in [0.29, 0.717) is 18.2 Å². The van der Waals surface area contributed by atoms with E-state index >= 15 is 0 Å². The molecule has 1 atom stereocenters. The molecule has 0 aromatic carbocycles. The Labute approximate surface area is 93.2 Å². The van der Waals surface area contributed by atoms with Gasteiger partial charge < -0.3 is 10.2 Å². The highest BCUT2D eigenvalue weighted by atomic mass is 16.2. The van der Waals surface area contributed by atoms with Crippen molar-refractivity contribution in [1.82, 2.24) is 10.2 Å². The van der Waals surface area contributed by atoms with Crippen molar-refractivity contribution >= 4 is 5.91 Å². The average Bonchev–Trinajstić information content (AvgIpc) is 2.16. The molecule has 88 valence electrons. The summed E-state index contributed by atoms with van der Waals surface area (Å²) in [6.45, 7) is 11.2. The van der Waals surface area contributed by atoms with Gasteiger partial charge in [0.2, 0.25) is 5.91 Å². The first-order valence-electron chi connectivity index (χ1n) is 5.97. The maximum atomic E-state index is 12.0. The van der Waals surface area contributed by atoms with Gasteiger partial charge in [-0.2, -0.15) is 0 Å². The van der Waals surface area contributed by atoms with E-state index in [1.165, 1.54) is 0 Å². The average molecular weight is 212 g/mol. The first-order chi connectivity index (χ1) is 6.94. The van der Waals surface area contributed by atoms with Crippen molar-refractivity contribution in [3.63, 3.8) is 0 Å². The van der Waals surface area contributed by atoms with Crippen molar-refractivity contribution in [3.05, 3.63) is 0 Å². The maximum absolute atomic E-state index is 12.0. The fourth-order valence-corrected chi connectivity index (χ4v) is 1.93. The first-order valence-corrected chi connectivity index (χ1v) is 5.97. The summed E-state index contributed by atoms with van der Waals surface area (Å²) in [6.07, 6.45) is 1.79. The van der Waals surface area contributed by atoms with E-state index in [1.54, 1.807) is 0 Å². The number of hydrogen-bond donors (Lipinski definition) is 1. The van der Waals surface area contributed by atoms with Crippen LogP contribution in [0.4, 0.5) is 0 Å². The molecule has 3 nitrogen and oxygen atoms in total. The SMILES string of the molecule is CCC(C)CC(=O)N1CCNC(C)(C)C1. The Kier molecular flexibility index (Phi) is 4.14. The summed E-state index contributed by atoms with van der Waals surface area (Å²) in [5.74, 6) is 0.828. The molecule has 0 aromatic heterocycles. The molecule has 1 amide bonds. The second kappa shape index (κ2) is 4.97. The lowest BCUT2D eigenvalue weighted by Gasteiger charge is -2.39. The third-order valence-corrected chi connectivity index (χ3v) is 3.14. The molecule has 1 N–H and O–H groups in total. The molecule has 1 saturated heterocycles. The highest BCUT2D eigenvalue weighted by Gasteiger charge is 2.28. The van der Waals surface area contributed by atoms with Crippen molar-refractivity contribution in [3.8, 4) is 0 Å². The number of rotatable bonds is 3. The lowest BCUT2D eigenvalue weighted by atomic mass is 10.00. The molecule has 1 aliphatic rings. The Bertz CT molecular complexity index is 226. The fourth-order valence-electron chi connectivity index (χ4n) is 1.93. The van der Waals surface area contributed by atoms with Crippen molar-refractivity contribution < 1.29 is 4.79 Å². The van der Waals surface area contributed by atoms with E-state index in [4.69, 9.17) is 0 Å². The molecule has 1 fully saturated rings. The lowest BCUT2D eigenvalue weighted by molar-refractivity contribution is -0.134. The molecule has 1 rings (SSSR count). The van der Waals surface area contributed by atoms with Gasteiger partial charge in [-0.25, -0.2) is 0 Å². The van der Waals surface area contributed by atoms with Crippen molar-refractivity contribution in [2.75, 3.05) is 19.6 Å². The molecule has 0 radical (unpaired) electrons. The van der Waals surface area contributed by atoms with Crippen LogP contribution in [0.3, 0.4) is 0 Å². The Morgan fingerprint density at radius 1 is 1.53 bits per heavy atom. The molecule has 0 spiro atoms. The highest BCUT2D eigenvalue weighted by Crippen LogP contribution is 2.14. The Hall–Kier alpha value is -0.570. The normalized spacial score (nSPS) is 22.5. The van der Waals surface area contributed by atoms with Crippen LogP contribution in [0, 0.1) is 5.92 Å². The van der Waals surface area contributed by atoms with Gasteiger partial charge in [0.15, 0.2) is 0 Å². The topological polar surface area (TPSA) is 32.3 Å². The zero-order valence-electron chi connectivity index (χ0n) is 10.5. The predicted octanol–water partition coefficient (Wildman–Crippen LogP) is 1.63. The van der Waals surface area contributed by atoms with Crippen LogP contribution in [-0.4, -0.2) is 36.0 Å². The van der Waals surface area contributed by atoms with Gasteiger partial charge in [-0.15, -0.1) is 0 Å². The summed E-state index contributed by atoms with van der Waals surface area (Å²) in [5, 5.41) is 3.42. The van der Waals surface area contributed by atoms with Gasteiger partial charge in [0.1, 0.15) is 0 Å². The van der Waals surface area contributed by atoms with Crippen molar-refractivity contribution in [2.45, 2.75) is 46.1 Å². The zero-order chi connectivity index (χ0) is 11.5. The largest absolute Gasteiger partial charge is 0.340 e. The van der Waals surface area contributed by atoms with Crippen LogP contribution >= 0.6 is 0 Å². The number of nitrogens with zero attached hydrogens (tertiary/aromatic N) is 1. The number of piperazine rings is 1. The van der Waals surface area contributed by atoms with Gasteiger partial charge in [0.05, 0.1) is 0 Å². The Morgan fingerprint density at radius 3 is 2.73 bits per heavy atom. The van der Waals surface area contributed by atoms with Crippen LogP contribution in [0.25, 0.3) is 0 Å². The predicted molar refractivity (Wildman–Crippen MR) is 62.7 cm³/mol. The summed E-state index contributed by atoms with van der Waals surface area (Å²) < 4.78 is 0. The van der Waals surface area contributed by atoms with Crippen LogP contribution in [0.15, 0.2) is 0 Å². The molecule has 0 aliphatic carbocycles. The molecular weight excluding hydrogens is 188 g/mol. The van der Waals surface area contributed by atoms with Crippen LogP contribution in [0.5, 0.6) is 0 Å². The van der Waals surface area contributed by atoms with Crippen LogP contribution in [0.2, 0.25) is 0 Å². The number of carbonyl (C=O) groups is 1. The third kappa shape index (κ3) is 3.82. The van der Waals surface area contributed by atoms with Gasteiger partial charge in [0, 0.05) is 31.6 Å². The minimum Gasteiger partial charge on any atom is -0.340 e. The minimum atomic E-state index is 0.0728. The smallest absolute Gasteiger partial charge is 0.222 e. The highest BCUT2D eigenvalue weighted by molar-refractivity contribution is 5.76. The number of hydrogen-bond acceptors (Lipinski definition) is 2. The van der Waals surface area contributed by atoms with Gasteiger partial charge in [-0.3, -0.25) is 4.79 Å². The zero-order valence-corrected chi connectivity index (χ0v) is 10.5. The summed E-state index contributed by atoms with van der Waals surface area (Å²) >= 11 is 0. The number of amides is 1. The fraction of sp³-hybridized carbons (Fsp3) is 0.917. The molecular formula is C12H24N2O. The van der Waals surface area contributed by atoms with E-state index in [2.05, 4.69) is 33.0 Å². The van der Waals surface area contributed by atoms with Crippen LogP contribution < -0.4 is 5.32 Å².